The smallest absolute Gasteiger partial charge is 0.217 e. The summed E-state index contributed by atoms with van der Waals surface area (Å²) in [4.78, 5) is 10.5. The lowest BCUT2D eigenvalue weighted by Crippen LogP contribution is -2.31. The van der Waals surface area contributed by atoms with Gasteiger partial charge in [-0.1, -0.05) is 6.92 Å². The average molecular weight is 140 g/mol. The third kappa shape index (κ3) is 3.90. The summed E-state index contributed by atoms with van der Waals surface area (Å²) in [5.74, 6) is -0.0675. The Morgan fingerprint density at radius 3 is 2.70 bits per heavy atom. The second kappa shape index (κ2) is 4.80. The van der Waals surface area contributed by atoms with E-state index in [1.54, 1.807) is 0 Å². The molecule has 0 fully saturated rings. The molecule has 3 nitrogen and oxygen atoms in total. The predicted octanol–water partition coefficient (Wildman–Crippen LogP) is 0.815. The first-order valence-electron chi connectivity index (χ1n) is 3.34. The minimum Gasteiger partial charge on any atom is -0.353 e. The highest BCUT2D eigenvalue weighted by molar-refractivity contribution is 5.73. The number of rotatable bonds is 3. The van der Waals surface area contributed by atoms with Crippen LogP contribution in [0.25, 0.3) is 0 Å². The number of nitrogens with one attached hydrogen (secondary N) is 1. The van der Waals surface area contributed by atoms with E-state index >= 15 is 0 Å². The summed E-state index contributed by atoms with van der Waals surface area (Å²) in [6.07, 6.45) is 1.21. The summed E-state index contributed by atoms with van der Waals surface area (Å²) < 4.78 is 0. The number of carbonyl (C=O) groups is 1. The first-order chi connectivity index (χ1) is 4.70. The van der Waals surface area contributed by atoms with Gasteiger partial charge in [0.15, 0.2) is 0 Å². The molecule has 0 bridgehead atoms. The van der Waals surface area contributed by atoms with Crippen molar-refractivity contribution in [2.45, 2.75) is 32.7 Å². The van der Waals surface area contributed by atoms with Crippen molar-refractivity contribution in [2.75, 3.05) is 0 Å². The molecule has 56 valence electrons. The zero-order chi connectivity index (χ0) is 7.98. The molecular weight excluding hydrogens is 128 g/mol. The second-order valence-corrected chi connectivity index (χ2v) is 2.17. The molecule has 0 radical (unpaired) electrons. The van der Waals surface area contributed by atoms with Crippen LogP contribution in [0, 0.1) is 11.3 Å². The quantitative estimate of drug-likeness (QED) is 0.630. The summed E-state index contributed by atoms with van der Waals surface area (Å²) in [6.45, 7) is 3.40. The topological polar surface area (TPSA) is 52.9 Å². The van der Waals surface area contributed by atoms with Crippen molar-refractivity contribution in [3.8, 4) is 6.07 Å². The lowest BCUT2D eigenvalue weighted by Gasteiger charge is -2.10. The molecule has 0 heterocycles. The van der Waals surface area contributed by atoms with E-state index in [9.17, 15) is 4.79 Å². The Balaban J connectivity index is 3.62. The summed E-state index contributed by atoms with van der Waals surface area (Å²) >= 11 is 0. The molecule has 3 heteroatoms. The van der Waals surface area contributed by atoms with Gasteiger partial charge >= 0.3 is 0 Å². The van der Waals surface area contributed by atoms with Crippen LogP contribution in [-0.4, -0.2) is 11.9 Å². The monoisotopic (exact) mass is 140 g/mol. The lowest BCUT2D eigenvalue weighted by molar-refractivity contribution is -0.119. The van der Waals surface area contributed by atoms with Gasteiger partial charge in [0.05, 0.1) is 12.5 Å². The lowest BCUT2D eigenvalue weighted by atomic mass is 10.2. The molecule has 0 aromatic heterocycles. The van der Waals surface area contributed by atoms with Gasteiger partial charge in [0, 0.05) is 13.0 Å². The van der Waals surface area contributed by atoms with Crippen LogP contribution in [-0.2, 0) is 4.79 Å². The molecule has 0 spiro atoms. The van der Waals surface area contributed by atoms with Gasteiger partial charge in [-0.05, 0) is 6.42 Å². The molecule has 1 amide bonds. The average Bonchev–Trinajstić information content (AvgIpc) is 1.86. The normalized spacial score (nSPS) is 11.7. The van der Waals surface area contributed by atoms with Crippen LogP contribution in [0.4, 0.5) is 0 Å². The number of carbonyl (C=O) groups excluding carboxylic acids is 1. The van der Waals surface area contributed by atoms with E-state index < -0.39 is 0 Å². The molecular formula is C7H12N2O. The number of nitriles is 1. The maximum absolute atomic E-state index is 10.5. The van der Waals surface area contributed by atoms with E-state index in [1.165, 1.54) is 6.92 Å². The van der Waals surface area contributed by atoms with Crippen LogP contribution >= 0.6 is 0 Å². The Morgan fingerprint density at radius 2 is 2.40 bits per heavy atom. The van der Waals surface area contributed by atoms with Crippen LogP contribution in [0.1, 0.15) is 26.7 Å². The molecule has 0 aromatic carbocycles. The molecule has 0 aliphatic heterocycles. The maximum Gasteiger partial charge on any atom is 0.217 e. The Labute approximate surface area is 61.0 Å². The van der Waals surface area contributed by atoms with Crippen molar-refractivity contribution in [2.24, 2.45) is 0 Å². The number of amides is 1. The fourth-order valence-corrected chi connectivity index (χ4v) is 0.695. The van der Waals surface area contributed by atoms with Crippen LogP contribution in [0.2, 0.25) is 0 Å². The van der Waals surface area contributed by atoms with Crippen molar-refractivity contribution in [3.63, 3.8) is 0 Å². The van der Waals surface area contributed by atoms with E-state index in [-0.39, 0.29) is 11.9 Å². The van der Waals surface area contributed by atoms with Crippen molar-refractivity contribution in [1.29, 1.82) is 5.26 Å². The first-order valence-corrected chi connectivity index (χ1v) is 3.34. The number of nitrogens with zero attached hydrogens (tertiary/aromatic N) is 1. The van der Waals surface area contributed by atoms with E-state index in [0.29, 0.717) is 6.42 Å². The standard InChI is InChI=1S/C7H12N2O/c1-3-7(4-5-8)9-6(2)10/h7H,3-4H2,1-2H3,(H,9,10)/t7-/m1/s1. The molecule has 0 aromatic rings. The Bertz CT molecular complexity index is 148. The molecule has 0 unspecified atom stereocenters. The fraction of sp³-hybridized carbons (Fsp3) is 0.714. The minimum atomic E-state index is -0.0675. The summed E-state index contributed by atoms with van der Waals surface area (Å²) in [5, 5.41) is 10.9. The zero-order valence-corrected chi connectivity index (χ0v) is 6.35. The van der Waals surface area contributed by atoms with Crippen LogP contribution in [0.3, 0.4) is 0 Å². The molecule has 10 heavy (non-hydrogen) atoms. The summed E-state index contributed by atoms with van der Waals surface area (Å²) in [5.41, 5.74) is 0. The van der Waals surface area contributed by atoms with Crippen molar-refractivity contribution in [1.82, 2.24) is 5.32 Å². The van der Waals surface area contributed by atoms with Crippen LogP contribution in [0.5, 0.6) is 0 Å². The Hall–Kier alpha value is -1.04. The molecule has 0 saturated heterocycles. The van der Waals surface area contributed by atoms with Crippen molar-refractivity contribution in [3.05, 3.63) is 0 Å². The van der Waals surface area contributed by atoms with E-state index in [0.717, 1.165) is 6.42 Å². The molecule has 0 aliphatic rings. The number of hydrogen-bond acceptors (Lipinski definition) is 2. The Kier molecular flexibility index (Phi) is 4.30. The van der Waals surface area contributed by atoms with Crippen molar-refractivity contribution >= 4 is 5.91 Å². The summed E-state index contributed by atoms with van der Waals surface area (Å²) in [7, 11) is 0. The minimum absolute atomic E-state index is 0.0301. The van der Waals surface area contributed by atoms with E-state index in [2.05, 4.69) is 5.32 Å². The van der Waals surface area contributed by atoms with E-state index in [4.69, 9.17) is 5.26 Å². The summed E-state index contributed by atoms with van der Waals surface area (Å²) in [6, 6.07) is 2.04. The predicted molar refractivity (Wildman–Crippen MR) is 38.1 cm³/mol. The highest BCUT2D eigenvalue weighted by Crippen LogP contribution is 1.94. The second-order valence-electron chi connectivity index (χ2n) is 2.17. The molecule has 0 aliphatic carbocycles. The van der Waals surface area contributed by atoms with Gasteiger partial charge in [-0.25, -0.2) is 0 Å². The van der Waals surface area contributed by atoms with Gasteiger partial charge in [-0.2, -0.15) is 5.26 Å². The van der Waals surface area contributed by atoms with Gasteiger partial charge in [0.1, 0.15) is 0 Å². The van der Waals surface area contributed by atoms with Gasteiger partial charge < -0.3 is 5.32 Å². The van der Waals surface area contributed by atoms with Gasteiger partial charge in [0.25, 0.3) is 0 Å². The molecule has 1 atom stereocenters. The fourth-order valence-electron chi connectivity index (χ4n) is 0.695. The molecule has 0 saturated carbocycles. The molecule has 0 rings (SSSR count). The van der Waals surface area contributed by atoms with Crippen molar-refractivity contribution < 1.29 is 4.79 Å². The highest BCUT2D eigenvalue weighted by atomic mass is 16.1. The van der Waals surface area contributed by atoms with Gasteiger partial charge in [-0.15, -0.1) is 0 Å². The van der Waals surface area contributed by atoms with Crippen LogP contribution in [0.15, 0.2) is 0 Å². The molecule has 1 N–H and O–H groups in total. The Morgan fingerprint density at radius 1 is 1.80 bits per heavy atom. The number of hydrogen-bond donors (Lipinski definition) is 1. The zero-order valence-electron chi connectivity index (χ0n) is 6.35. The maximum atomic E-state index is 10.5. The van der Waals surface area contributed by atoms with Crippen LogP contribution < -0.4 is 5.32 Å². The van der Waals surface area contributed by atoms with E-state index in [1.807, 2.05) is 13.0 Å². The first kappa shape index (κ1) is 8.96. The van der Waals surface area contributed by atoms with Gasteiger partial charge in [0.2, 0.25) is 5.91 Å². The van der Waals surface area contributed by atoms with Gasteiger partial charge in [-0.3, -0.25) is 4.79 Å². The largest absolute Gasteiger partial charge is 0.353 e. The third-order valence-corrected chi connectivity index (χ3v) is 1.24. The third-order valence-electron chi connectivity index (χ3n) is 1.24. The highest BCUT2D eigenvalue weighted by Gasteiger charge is 2.04. The SMILES string of the molecule is CC[C@H](CC#N)NC(C)=O.